The van der Waals surface area contributed by atoms with E-state index < -0.39 is 0 Å². The molecule has 0 saturated heterocycles. The zero-order chi connectivity index (χ0) is 14.5. The predicted octanol–water partition coefficient (Wildman–Crippen LogP) is 5.03. The minimum absolute atomic E-state index is 0.0339. The Hall–Kier alpha value is -1.09. The minimum atomic E-state index is -0.222. The molecule has 0 aliphatic heterocycles. The number of halogens is 3. The van der Waals surface area contributed by atoms with Crippen molar-refractivity contribution < 1.29 is 4.39 Å². The van der Waals surface area contributed by atoms with E-state index in [9.17, 15) is 4.39 Å². The fraction of sp³-hybridized carbons (Fsp3) is 0.250. The Kier molecular flexibility index (Phi) is 5.41. The summed E-state index contributed by atoms with van der Waals surface area (Å²) in [5, 5.41) is 4.61. The molecule has 2 aromatic rings. The van der Waals surface area contributed by atoms with Crippen LogP contribution in [0.3, 0.4) is 0 Å². The van der Waals surface area contributed by atoms with Crippen molar-refractivity contribution in [3.63, 3.8) is 0 Å². The molecule has 0 saturated carbocycles. The second-order valence-electron chi connectivity index (χ2n) is 4.61. The quantitative estimate of drug-likeness (QED) is 0.817. The van der Waals surface area contributed by atoms with Crippen LogP contribution in [0.4, 0.5) is 4.39 Å². The van der Waals surface area contributed by atoms with Gasteiger partial charge in [-0.2, -0.15) is 0 Å². The summed E-state index contributed by atoms with van der Waals surface area (Å²) in [4.78, 5) is 0. The van der Waals surface area contributed by atoms with E-state index in [1.54, 1.807) is 18.2 Å². The van der Waals surface area contributed by atoms with Crippen molar-refractivity contribution in [3.05, 3.63) is 69.5 Å². The summed E-state index contributed by atoms with van der Waals surface area (Å²) in [6.45, 7) is 2.83. The first-order valence-electron chi connectivity index (χ1n) is 6.53. The van der Waals surface area contributed by atoms with E-state index in [4.69, 9.17) is 23.2 Å². The van der Waals surface area contributed by atoms with Gasteiger partial charge in [-0.05, 0) is 48.4 Å². The van der Waals surface area contributed by atoms with Crippen LogP contribution in [0.5, 0.6) is 0 Å². The maximum Gasteiger partial charge on any atom is 0.123 e. The first-order chi connectivity index (χ1) is 9.60. The molecule has 1 N–H and O–H groups in total. The van der Waals surface area contributed by atoms with E-state index in [1.165, 1.54) is 6.07 Å². The molecule has 1 atom stereocenters. The Labute approximate surface area is 128 Å². The van der Waals surface area contributed by atoms with Crippen molar-refractivity contribution >= 4 is 23.2 Å². The molecule has 0 heterocycles. The van der Waals surface area contributed by atoms with Crippen LogP contribution in [0, 0.1) is 5.82 Å². The highest BCUT2D eigenvalue weighted by molar-refractivity contribution is 6.35. The van der Waals surface area contributed by atoms with Crippen LogP contribution in [0.2, 0.25) is 10.0 Å². The summed E-state index contributed by atoms with van der Waals surface area (Å²) in [5.41, 5.74) is 1.91. The summed E-state index contributed by atoms with van der Waals surface area (Å²) >= 11 is 12.2. The van der Waals surface area contributed by atoms with Gasteiger partial charge in [0.15, 0.2) is 0 Å². The fourth-order valence-corrected chi connectivity index (χ4v) is 2.76. The van der Waals surface area contributed by atoms with Crippen LogP contribution in [0.25, 0.3) is 0 Å². The van der Waals surface area contributed by atoms with Crippen LogP contribution in [-0.4, -0.2) is 6.54 Å². The lowest BCUT2D eigenvalue weighted by Gasteiger charge is -2.20. The monoisotopic (exact) mass is 311 g/mol. The topological polar surface area (TPSA) is 12.0 Å². The Bertz CT molecular complexity index is 586. The molecule has 0 bridgehead atoms. The van der Waals surface area contributed by atoms with Crippen LogP contribution >= 0.6 is 23.2 Å². The first-order valence-corrected chi connectivity index (χ1v) is 7.28. The molecule has 20 heavy (non-hydrogen) atoms. The van der Waals surface area contributed by atoms with Crippen LogP contribution in [0.1, 0.15) is 24.1 Å². The SMILES string of the molecule is CCNC(Cc1cccc(F)c1)c1ccc(Cl)cc1Cl. The average Bonchev–Trinajstić information content (AvgIpc) is 2.38. The molecule has 106 valence electrons. The van der Waals surface area contributed by atoms with E-state index in [0.29, 0.717) is 16.5 Å². The van der Waals surface area contributed by atoms with Gasteiger partial charge in [0.1, 0.15) is 5.82 Å². The summed E-state index contributed by atoms with van der Waals surface area (Å²) in [7, 11) is 0. The summed E-state index contributed by atoms with van der Waals surface area (Å²) in [6.07, 6.45) is 0.674. The summed E-state index contributed by atoms with van der Waals surface area (Å²) in [5.74, 6) is -0.222. The van der Waals surface area contributed by atoms with Gasteiger partial charge in [0.25, 0.3) is 0 Å². The van der Waals surface area contributed by atoms with Crippen molar-refractivity contribution in [2.24, 2.45) is 0 Å². The number of likely N-dealkylation sites (N-methyl/N-ethyl adjacent to an activating group) is 1. The van der Waals surface area contributed by atoms with Crippen molar-refractivity contribution in [3.8, 4) is 0 Å². The number of rotatable bonds is 5. The normalized spacial score (nSPS) is 12.4. The van der Waals surface area contributed by atoms with Crippen molar-refractivity contribution in [1.82, 2.24) is 5.32 Å². The molecule has 4 heteroatoms. The number of hydrogen-bond donors (Lipinski definition) is 1. The van der Waals surface area contributed by atoms with Crippen molar-refractivity contribution in [2.75, 3.05) is 6.54 Å². The number of benzene rings is 2. The van der Waals surface area contributed by atoms with Gasteiger partial charge in [-0.1, -0.05) is 48.3 Å². The lowest BCUT2D eigenvalue weighted by atomic mass is 9.98. The molecule has 0 radical (unpaired) electrons. The zero-order valence-corrected chi connectivity index (χ0v) is 12.7. The van der Waals surface area contributed by atoms with Crippen LogP contribution in [-0.2, 0) is 6.42 Å². The van der Waals surface area contributed by atoms with Gasteiger partial charge in [-0.3, -0.25) is 0 Å². The van der Waals surface area contributed by atoms with Crippen LogP contribution in [0.15, 0.2) is 42.5 Å². The smallest absolute Gasteiger partial charge is 0.123 e. The fourth-order valence-electron chi connectivity index (χ4n) is 2.22. The van der Waals surface area contributed by atoms with E-state index in [1.807, 2.05) is 25.1 Å². The van der Waals surface area contributed by atoms with E-state index in [0.717, 1.165) is 17.7 Å². The molecule has 2 rings (SSSR count). The lowest BCUT2D eigenvalue weighted by Crippen LogP contribution is -2.23. The highest BCUT2D eigenvalue weighted by Crippen LogP contribution is 2.28. The molecule has 0 spiro atoms. The van der Waals surface area contributed by atoms with Crippen molar-refractivity contribution in [1.29, 1.82) is 0 Å². The Morgan fingerprint density at radius 3 is 2.60 bits per heavy atom. The van der Waals surface area contributed by atoms with E-state index >= 15 is 0 Å². The maximum absolute atomic E-state index is 13.3. The Morgan fingerprint density at radius 2 is 1.95 bits per heavy atom. The van der Waals surface area contributed by atoms with E-state index in [2.05, 4.69) is 5.32 Å². The van der Waals surface area contributed by atoms with Gasteiger partial charge in [-0.15, -0.1) is 0 Å². The molecule has 0 aliphatic rings. The molecular weight excluding hydrogens is 296 g/mol. The Morgan fingerprint density at radius 1 is 1.15 bits per heavy atom. The average molecular weight is 312 g/mol. The molecule has 2 aromatic carbocycles. The summed E-state index contributed by atoms with van der Waals surface area (Å²) < 4.78 is 13.3. The molecule has 1 nitrogen and oxygen atoms in total. The van der Waals surface area contributed by atoms with Gasteiger partial charge in [0, 0.05) is 16.1 Å². The second kappa shape index (κ2) is 7.07. The van der Waals surface area contributed by atoms with Crippen LogP contribution < -0.4 is 5.32 Å². The molecular formula is C16H16Cl2FN. The third-order valence-corrected chi connectivity index (χ3v) is 3.68. The van der Waals surface area contributed by atoms with Gasteiger partial charge >= 0.3 is 0 Å². The molecule has 1 unspecified atom stereocenters. The highest BCUT2D eigenvalue weighted by Gasteiger charge is 2.15. The van der Waals surface area contributed by atoms with E-state index in [-0.39, 0.29) is 11.9 Å². The van der Waals surface area contributed by atoms with Gasteiger partial charge < -0.3 is 5.32 Å². The summed E-state index contributed by atoms with van der Waals surface area (Å²) in [6, 6.07) is 12.1. The minimum Gasteiger partial charge on any atom is -0.310 e. The van der Waals surface area contributed by atoms with Gasteiger partial charge in [0.05, 0.1) is 0 Å². The second-order valence-corrected chi connectivity index (χ2v) is 5.45. The maximum atomic E-state index is 13.3. The number of hydrogen-bond acceptors (Lipinski definition) is 1. The third-order valence-electron chi connectivity index (χ3n) is 3.12. The Balaban J connectivity index is 2.26. The van der Waals surface area contributed by atoms with Crippen molar-refractivity contribution in [2.45, 2.75) is 19.4 Å². The number of nitrogens with one attached hydrogen (secondary N) is 1. The first kappa shape index (κ1) is 15.3. The molecule has 0 amide bonds. The highest BCUT2D eigenvalue weighted by atomic mass is 35.5. The zero-order valence-electron chi connectivity index (χ0n) is 11.2. The van der Waals surface area contributed by atoms with Gasteiger partial charge in [-0.25, -0.2) is 4.39 Å². The van der Waals surface area contributed by atoms with Gasteiger partial charge in [0.2, 0.25) is 0 Å². The molecule has 0 aliphatic carbocycles. The predicted molar refractivity (Wildman–Crippen MR) is 83.0 cm³/mol. The molecule has 0 aromatic heterocycles. The lowest BCUT2D eigenvalue weighted by molar-refractivity contribution is 0.547. The molecule has 0 fully saturated rings. The third kappa shape index (κ3) is 3.95. The largest absolute Gasteiger partial charge is 0.310 e. The standard InChI is InChI=1S/C16H16Cl2FN/c1-2-20-16(9-11-4-3-5-13(19)8-11)14-7-6-12(17)10-15(14)18/h3-8,10,16,20H,2,9H2,1H3.